The molecule has 0 aliphatic rings. The van der Waals surface area contributed by atoms with Crippen molar-refractivity contribution in [2.75, 3.05) is 6.67 Å². The summed E-state index contributed by atoms with van der Waals surface area (Å²) in [6, 6.07) is 6.27. The Morgan fingerprint density at radius 2 is 1.89 bits per heavy atom. The van der Waals surface area contributed by atoms with Crippen LogP contribution in [0.4, 0.5) is 4.39 Å². The number of aliphatic hydroxyl groups is 1. The van der Waals surface area contributed by atoms with Gasteiger partial charge in [-0.15, -0.1) is 0 Å². The van der Waals surface area contributed by atoms with Gasteiger partial charge < -0.3 is 10.4 Å². The van der Waals surface area contributed by atoms with Crippen molar-refractivity contribution >= 4 is 5.91 Å². The van der Waals surface area contributed by atoms with Crippen LogP contribution in [0.3, 0.4) is 0 Å². The van der Waals surface area contributed by atoms with Crippen LogP contribution in [0.5, 0.6) is 0 Å². The fraction of sp³-hybridized carbons (Fsp3) is 0.500. The minimum Gasteiger partial charge on any atom is -0.386 e. The first kappa shape index (κ1) is 14.6. The van der Waals surface area contributed by atoms with E-state index >= 15 is 0 Å². The lowest BCUT2D eigenvalue weighted by Crippen LogP contribution is -2.42. The van der Waals surface area contributed by atoms with Crippen molar-refractivity contribution in [3.05, 3.63) is 35.4 Å². The van der Waals surface area contributed by atoms with Crippen molar-refractivity contribution in [1.82, 2.24) is 5.32 Å². The van der Waals surface area contributed by atoms with Gasteiger partial charge in [0, 0.05) is 5.92 Å². The predicted molar refractivity (Wildman–Crippen MR) is 68.9 cm³/mol. The highest BCUT2D eigenvalue weighted by Gasteiger charge is 2.23. The van der Waals surface area contributed by atoms with Crippen molar-refractivity contribution in [3.63, 3.8) is 0 Å². The molecule has 4 heteroatoms. The number of nitrogens with one attached hydrogen (secondary N) is 1. The lowest BCUT2D eigenvalue weighted by atomic mass is 10.0. The van der Waals surface area contributed by atoms with E-state index in [2.05, 4.69) is 5.32 Å². The lowest BCUT2D eigenvalue weighted by molar-refractivity contribution is -0.125. The summed E-state index contributed by atoms with van der Waals surface area (Å²) >= 11 is 0. The largest absolute Gasteiger partial charge is 0.386 e. The molecule has 2 atom stereocenters. The molecule has 3 nitrogen and oxygen atoms in total. The summed E-state index contributed by atoms with van der Waals surface area (Å²) in [6.45, 7) is 4.59. The highest BCUT2D eigenvalue weighted by molar-refractivity contribution is 5.78. The Morgan fingerprint density at radius 1 is 1.33 bits per heavy atom. The number of aryl methyl sites for hydroxylation is 1. The molecule has 0 radical (unpaired) electrons. The molecule has 0 aliphatic heterocycles. The van der Waals surface area contributed by atoms with E-state index in [1.807, 2.05) is 19.1 Å². The Hall–Kier alpha value is -1.42. The minimum absolute atomic E-state index is 0.232. The molecule has 18 heavy (non-hydrogen) atoms. The second kappa shape index (κ2) is 6.50. The first-order chi connectivity index (χ1) is 8.45. The average Bonchev–Trinajstić information content (AvgIpc) is 2.35. The van der Waals surface area contributed by atoms with E-state index in [1.165, 1.54) is 0 Å². The van der Waals surface area contributed by atoms with Gasteiger partial charge in [-0.2, -0.15) is 0 Å². The average molecular weight is 253 g/mol. The van der Waals surface area contributed by atoms with Crippen molar-refractivity contribution in [2.24, 2.45) is 5.92 Å². The van der Waals surface area contributed by atoms with Gasteiger partial charge in [0.05, 0.1) is 6.04 Å². The number of hydrogen-bond donors (Lipinski definition) is 2. The normalized spacial score (nSPS) is 14.3. The van der Waals surface area contributed by atoms with Crippen LogP contribution in [0.15, 0.2) is 24.3 Å². The molecule has 0 saturated carbocycles. The first-order valence-electron chi connectivity index (χ1n) is 6.06. The number of benzene rings is 1. The van der Waals surface area contributed by atoms with Crippen LogP contribution in [-0.4, -0.2) is 23.7 Å². The number of aliphatic hydroxyl groups excluding tert-OH is 1. The molecular formula is C14H20FNO2. The van der Waals surface area contributed by atoms with Gasteiger partial charge in [0.1, 0.15) is 12.8 Å². The molecule has 1 aromatic carbocycles. The van der Waals surface area contributed by atoms with Gasteiger partial charge in [-0.3, -0.25) is 4.79 Å². The van der Waals surface area contributed by atoms with Crippen LogP contribution in [0.25, 0.3) is 0 Å². The molecule has 2 N–H and O–H groups in total. The fourth-order valence-corrected chi connectivity index (χ4v) is 1.55. The highest BCUT2D eigenvalue weighted by atomic mass is 19.1. The van der Waals surface area contributed by atoms with Gasteiger partial charge >= 0.3 is 0 Å². The van der Waals surface area contributed by atoms with Gasteiger partial charge in [0.25, 0.3) is 0 Å². The van der Waals surface area contributed by atoms with Gasteiger partial charge in [0.2, 0.25) is 5.91 Å². The van der Waals surface area contributed by atoms with E-state index < -0.39 is 18.8 Å². The number of rotatable bonds is 5. The molecular weight excluding hydrogens is 233 g/mol. The van der Waals surface area contributed by atoms with Crippen molar-refractivity contribution in [2.45, 2.75) is 32.9 Å². The molecule has 0 aliphatic carbocycles. The zero-order valence-corrected chi connectivity index (χ0v) is 11.0. The fourth-order valence-electron chi connectivity index (χ4n) is 1.55. The van der Waals surface area contributed by atoms with E-state index in [9.17, 15) is 14.3 Å². The second-order valence-corrected chi connectivity index (χ2v) is 4.78. The molecule has 0 bridgehead atoms. The molecule has 1 rings (SSSR count). The SMILES string of the molecule is Cc1ccc([C@@H](O)[C@@H](CF)NC(=O)C(C)C)cc1. The second-order valence-electron chi connectivity index (χ2n) is 4.78. The smallest absolute Gasteiger partial charge is 0.222 e. The molecule has 0 saturated heterocycles. The van der Waals surface area contributed by atoms with Crippen LogP contribution in [-0.2, 0) is 4.79 Å². The molecule has 0 unspecified atom stereocenters. The van der Waals surface area contributed by atoms with Crippen LogP contribution in [0, 0.1) is 12.8 Å². The molecule has 0 spiro atoms. The van der Waals surface area contributed by atoms with Gasteiger partial charge in [-0.05, 0) is 12.5 Å². The monoisotopic (exact) mass is 253 g/mol. The number of carbonyl (C=O) groups is 1. The first-order valence-corrected chi connectivity index (χ1v) is 6.06. The Morgan fingerprint density at radius 3 is 2.33 bits per heavy atom. The Balaban J connectivity index is 2.75. The molecule has 1 amide bonds. The molecule has 0 heterocycles. The maximum Gasteiger partial charge on any atom is 0.222 e. The van der Waals surface area contributed by atoms with Gasteiger partial charge in [0.15, 0.2) is 0 Å². The zero-order valence-electron chi connectivity index (χ0n) is 11.0. The maximum atomic E-state index is 12.9. The summed E-state index contributed by atoms with van der Waals surface area (Å²) in [7, 11) is 0. The van der Waals surface area contributed by atoms with E-state index in [0.29, 0.717) is 5.56 Å². The van der Waals surface area contributed by atoms with E-state index in [1.54, 1.807) is 26.0 Å². The summed E-state index contributed by atoms with van der Waals surface area (Å²) < 4.78 is 12.9. The Bertz CT molecular complexity index is 389. The Labute approximate surface area is 107 Å². The van der Waals surface area contributed by atoms with Crippen molar-refractivity contribution in [1.29, 1.82) is 0 Å². The van der Waals surface area contributed by atoms with E-state index in [0.717, 1.165) is 5.56 Å². The standard InChI is InChI=1S/C14H20FNO2/c1-9(2)14(18)16-12(8-15)13(17)11-6-4-10(3)5-7-11/h4-7,9,12-13,17H,8H2,1-3H3,(H,16,18)/t12-,13-/m1/s1. The summed E-state index contributed by atoms with van der Waals surface area (Å²) in [5.74, 6) is -0.493. The van der Waals surface area contributed by atoms with Gasteiger partial charge in [-0.25, -0.2) is 4.39 Å². The summed E-state index contributed by atoms with van der Waals surface area (Å²) in [5.41, 5.74) is 1.67. The molecule has 100 valence electrons. The quantitative estimate of drug-likeness (QED) is 0.844. The third-order valence-corrected chi connectivity index (χ3v) is 2.82. The zero-order chi connectivity index (χ0) is 13.7. The van der Waals surface area contributed by atoms with Gasteiger partial charge in [-0.1, -0.05) is 43.7 Å². The summed E-state index contributed by atoms with van der Waals surface area (Å²) in [5, 5.41) is 12.6. The highest BCUT2D eigenvalue weighted by Crippen LogP contribution is 2.18. The van der Waals surface area contributed by atoms with Crippen LogP contribution < -0.4 is 5.32 Å². The minimum atomic E-state index is -1.03. The topological polar surface area (TPSA) is 49.3 Å². The number of carbonyl (C=O) groups excluding carboxylic acids is 1. The number of amides is 1. The molecule has 0 fully saturated rings. The maximum absolute atomic E-state index is 12.9. The van der Waals surface area contributed by atoms with E-state index in [-0.39, 0.29) is 11.8 Å². The predicted octanol–water partition coefficient (Wildman–Crippen LogP) is 2.14. The van der Waals surface area contributed by atoms with E-state index in [4.69, 9.17) is 0 Å². The summed E-state index contributed by atoms with van der Waals surface area (Å²) in [6.07, 6.45) is -1.03. The number of halogens is 1. The number of hydrogen-bond acceptors (Lipinski definition) is 2. The Kier molecular flexibility index (Phi) is 5.28. The van der Waals surface area contributed by atoms with Crippen LogP contribution >= 0.6 is 0 Å². The van der Waals surface area contributed by atoms with Crippen LogP contribution in [0.2, 0.25) is 0 Å². The number of alkyl halides is 1. The summed E-state index contributed by atoms with van der Waals surface area (Å²) in [4.78, 5) is 11.5. The molecule has 1 aromatic rings. The lowest BCUT2D eigenvalue weighted by Gasteiger charge is -2.23. The third kappa shape index (κ3) is 3.81. The molecule has 0 aromatic heterocycles. The third-order valence-electron chi connectivity index (χ3n) is 2.82. The van der Waals surface area contributed by atoms with Crippen molar-refractivity contribution < 1.29 is 14.3 Å². The van der Waals surface area contributed by atoms with Crippen LogP contribution in [0.1, 0.15) is 31.1 Å². The van der Waals surface area contributed by atoms with Crippen molar-refractivity contribution in [3.8, 4) is 0 Å².